The molecule has 4 rings (SSSR count). The molecule has 1 N–H and O–H groups in total. The molecule has 34 heavy (non-hydrogen) atoms. The van der Waals surface area contributed by atoms with Crippen LogP contribution in [0.25, 0.3) is 0 Å². The molecule has 0 saturated heterocycles. The van der Waals surface area contributed by atoms with Crippen LogP contribution in [0.1, 0.15) is 37.5 Å². The number of nitrogens with one attached hydrogen (secondary N) is 1. The lowest BCUT2D eigenvalue weighted by atomic mass is 10.1. The summed E-state index contributed by atoms with van der Waals surface area (Å²) in [5.41, 5.74) is 3.65. The Balaban J connectivity index is 1.52. The maximum Gasteiger partial charge on any atom is 0.263 e. The second-order valence-electron chi connectivity index (χ2n) is 8.64. The third kappa shape index (κ3) is 5.44. The van der Waals surface area contributed by atoms with Gasteiger partial charge in [-0.3, -0.25) is 9.40 Å². The van der Waals surface area contributed by atoms with E-state index in [1.54, 1.807) is 11.4 Å². The van der Waals surface area contributed by atoms with E-state index in [1.807, 2.05) is 41.3 Å². The number of nitrogens with zero attached hydrogens (tertiary/aromatic N) is 4. The maximum atomic E-state index is 12.6. The molecule has 0 unspecified atom stereocenters. The van der Waals surface area contributed by atoms with Crippen LogP contribution in [-0.2, 0) is 22.0 Å². The summed E-state index contributed by atoms with van der Waals surface area (Å²) in [6.07, 6.45) is 4.56. The minimum atomic E-state index is -3.88. The van der Waals surface area contributed by atoms with Gasteiger partial charge in [0.05, 0.1) is 27.7 Å². The zero-order valence-corrected chi connectivity index (χ0v) is 20.5. The van der Waals surface area contributed by atoms with Gasteiger partial charge in [-0.1, -0.05) is 12.1 Å². The van der Waals surface area contributed by atoms with Gasteiger partial charge in [0.15, 0.2) is 5.82 Å². The van der Waals surface area contributed by atoms with E-state index < -0.39 is 10.0 Å². The van der Waals surface area contributed by atoms with E-state index in [0.29, 0.717) is 12.2 Å². The molecule has 10 heteroatoms. The number of hydrogen-bond donors (Lipinski definition) is 1. The molecule has 0 spiro atoms. The standard InChI is InChI=1S/C24H23N5O3S2/c1-24(2,3)29-14-18(13-27-29)9-17-5-4-6-20(10-17)32-22-8-7-21(11-19(22)12-25)34(30,31)28-23-15-33-16-26-23/h4-8,10-11,13-16,28H,9H2,1-3H3. The van der Waals surface area contributed by atoms with E-state index in [9.17, 15) is 13.7 Å². The topological polar surface area (TPSA) is 110 Å². The van der Waals surface area contributed by atoms with Gasteiger partial charge in [0.25, 0.3) is 10.0 Å². The molecule has 2 aromatic heterocycles. The molecule has 0 aliphatic carbocycles. The van der Waals surface area contributed by atoms with Crippen LogP contribution < -0.4 is 9.46 Å². The van der Waals surface area contributed by atoms with Crippen molar-refractivity contribution in [3.63, 3.8) is 0 Å². The summed E-state index contributed by atoms with van der Waals surface area (Å²) in [6, 6.07) is 13.7. The molecular weight excluding hydrogens is 470 g/mol. The van der Waals surface area contributed by atoms with Crippen LogP contribution in [0.2, 0.25) is 0 Å². The second kappa shape index (κ2) is 9.29. The van der Waals surface area contributed by atoms with Gasteiger partial charge < -0.3 is 4.74 Å². The van der Waals surface area contributed by atoms with Crippen LogP contribution in [0.15, 0.2) is 70.6 Å². The lowest BCUT2D eigenvalue weighted by Crippen LogP contribution is -2.21. The molecule has 0 saturated carbocycles. The van der Waals surface area contributed by atoms with Crippen LogP contribution in [0, 0.1) is 11.3 Å². The molecule has 8 nitrogen and oxygen atoms in total. The Labute approximate surface area is 202 Å². The third-order valence-corrected chi connectivity index (χ3v) is 6.85. The van der Waals surface area contributed by atoms with Gasteiger partial charge in [-0.2, -0.15) is 10.4 Å². The van der Waals surface area contributed by atoms with Gasteiger partial charge in [-0.05, 0) is 62.2 Å². The Bertz CT molecular complexity index is 1450. The summed E-state index contributed by atoms with van der Waals surface area (Å²) >= 11 is 1.28. The average Bonchev–Trinajstić information content (AvgIpc) is 3.46. The monoisotopic (exact) mass is 493 g/mol. The molecule has 0 fully saturated rings. The van der Waals surface area contributed by atoms with Gasteiger partial charge in [-0.25, -0.2) is 13.4 Å². The second-order valence-corrected chi connectivity index (χ2v) is 11.0. The van der Waals surface area contributed by atoms with E-state index in [0.717, 1.165) is 11.1 Å². The van der Waals surface area contributed by atoms with Crippen LogP contribution in [0.4, 0.5) is 5.82 Å². The van der Waals surface area contributed by atoms with Crippen molar-refractivity contribution in [2.75, 3.05) is 4.72 Å². The van der Waals surface area contributed by atoms with Gasteiger partial charge in [0.1, 0.15) is 17.6 Å². The summed E-state index contributed by atoms with van der Waals surface area (Å²) in [5, 5.41) is 15.6. The number of thiazole rings is 1. The highest BCUT2D eigenvalue weighted by atomic mass is 32.2. The van der Waals surface area contributed by atoms with Crippen LogP contribution in [0.5, 0.6) is 11.5 Å². The molecule has 0 aliphatic rings. The Morgan fingerprint density at radius 3 is 2.68 bits per heavy atom. The van der Waals surface area contributed by atoms with Crippen LogP contribution in [-0.4, -0.2) is 23.2 Å². The first kappa shape index (κ1) is 23.5. The van der Waals surface area contributed by atoms with Gasteiger partial charge in [0.2, 0.25) is 0 Å². The summed E-state index contributed by atoms with van der Waals surface area (Å²) < 4.78 is 35.5. The minimum Gasteiger partial charge on any atom is -0.456 e. The summed E-state index contributed by atoms with van der Waals surface area (Å²) in [5.74, 6) is 1.05. The Kier molecular flexibility index (Phi) is 6.41. The molecule has 0 bridgehead atoms. The fourth-order valence-electron chi connectivity index (χ4n) is 3.21. The molecule has 2 aromatic carbocycles. The van der Waals surface area contributed by atoms with E-state index in [1.165, 1.54) is 35.0 Å². The van der Waals surface area contributed by atoms with Crippen LogP contribution in [0.3, 0.4) is 0 Å². The summed E-state index contributed by atoms with van der Waals surface area (Å²) in [6.45, 7) is 6.28. The lowest BCUT2D eigenvalue weighted by molar-refractivity contribution is 0.355. The van der Waals surface area contributed by atoms with Gasteiger partial charge >= 0.3 is 0 Å². The summed E-state index contributed by atoms with van der Waals surface area (Å²) in [4.78, 5) is 3.88. The molecular formula is C24H23N5O3S2. The molecule has 0 radical (unpaired) electrons. The molecule has 0 aliphatic heterocycles. The fourth-order valence-corrected chi connectivity index (χ4v) is 4.80. The quantitative estimate of drug-likeness (QED) is 0.381. The maximum absolute atomic E-state index is 12.6. The Morgan fingerprint density at radius 1 is 1.18 bits per heavy atom. The van der Waals surface area contributed by atoms with Gasteiger partial charge in [0, 0.05) is 18.0 Å². The largest absolute Gasteiger partial charge is 0.456 e. The Morgan fingerprint density at radius 2 is 2.00 bits per heavy atom. The number of hydrogen-bond acceptors (Lipinski definition) is 7. The minimum absolute atomic E-state index is 0.0472. The first-order valence-electron chi connectivity index (χ1n) is 10.4. The predicted octanol–water partition coefficient (Wildman–Crippen LogP) is 5.15. The van der Waals surface area contributed by atoms with Crippen molar-refractivity contribution in [1.29, 1.82) is 5.26 Å². The van der Waals surface area contributed by atoms with Crippen molar-refractivity contribution >= 4 is 27.2 Å². The normalized spacial score (nSPS) is 11.7. The number of nitriles is 1. The van der Waals surface area contributed by atoms with E-state index in [-0.39, 0.29) is 27.6 Å². The molecule has 0 amide bonds. The highest BCUT2D eigenvalue weighted by molar-refractivity contribution is 7.92. The SMILES string of the molecule is CC(C)(C)n1cc(Cc2cccc(Oc3ccc(S(=O)(=O)Nc4cscn4)cc3C#N)c2)cn1. The first-order valence-corrected chi connectivity index (χ1v) is 12.8. The predicted molar refractivity (Wildman–Crippen MR) is 131 cm³/mol. The average molecular weight is 494 g/mol. The summed E-state index contributed by atoms with van der Waals surface area (Å²) in [7, 11) is -3.88. The van der Waals surface area contributed by atoms with Crippen molar-refractivity contribution in [3.8, 4) is 17.6 Å². The third-order valence-electron chi connectivity index (χ3n) is 4.91. The highest BCUT2D eigenvalue weighted by Crippen LogP contribution is 2.29. The first-order chi connectivity index (χ1) is 16.1. The molecule has 174 valence electrons. The number of sulfonamides is 1. The zero-order valence-electron chi connectivity index (χ0n) is 18.9. The molecule has 4 aromatic rings. The number of rotatable bonds is 7. The lowest BCUT2D eigenvalue weighted by Gasteiger charge is -2.18. The van der Waals surface area contributed by atoms with E-state index >= 15 is 0 Å². The zero-order chi connectivity index (χ0) is 24.3. The van der Waals surface area contributed by atoms with Crippen molar-refractivity contribution in [3.05, 3.63) is 82.4 Å². The molecule has 2 heterocycles. The van der Waals surface area contributed by atoms with E-state index in [4.69, 9.17) is 4.74 Å². The molecule has 0 atom stereocenters. The Hall–Kier alpha value is -3.68. The van der Waals surface area contributed by atoms with E-state index in [2.05, 4.69) is 35.6 Å². The van der Waals surface area contributed by atoms with Gasteiger partial charge in [-0.15, -0.1) is 11.3 Å². The number of anilines is 1. The van der Waals surface area contributed by atoms with Crippen molar-refractivity contribution in [2.24, 2.45) is 0 Å². The fraction of sp³-hybridized carbons (Fsp3) is 0.208. The van der Waals surface area contributed by atoms with Crippen molar-refractivity contribution in [1.82, 2.24) is 14.8 Å². The number of aromatic nitrogens is 3. The highest BCUT2D eigenvalue weighted by Gasteiger charge is 2.18. The smallest absolute Gasteiger partial charge is 0.263 e. The van der Waals surface area contributed by atoms with Crippen LogP contribution >= 0.6 is 11.3 Å². The number of benzene rings is 2. The number of ether oxygens (including phenoxy) is 1. The van der Waals surface area contributed by atoms with Crippen molar-refractivity contribution in [2.45, 2.75) is 37.6 Å². The van der Waals surface area contributed by atoms with Crippen molar-refractivity contribution < 1.29 is 13.2 Å².